The van der Waals surface area contributed by atoms with E-state index in [1.165, 1.54) is 22.5 Å². The van der Waals surface area contributed by atoms with Crippen LogP contribution in [0.1, 0.15) is 58.9 Å². The van der Waals surface area contributed by atoms with Crippen molar-refractivity contribution in [2.24, 2.45) is 22.6 Å². The van der Waals surface area contributed by atoms with E-state index in [9.17, 15) is 17.6 Å². The molecular weight excluding hydrogens is 431 g/mol. The molecule has 7 nitrogen and oxygen atoms in total. The van der Waals surface area contributed by atoms with Crippen LogP contribution in [0.25, 0.3) is 0 Å². The van der Waals surface area contributed by atoms with Gasteiger partial charge in [0, 0.05) is 19.6 Å². The summed E-state index contributed by atoms with van der Waals surface area (Å²) in [6.07, 6.45) is 3.13. The van der Waals surface area contributed by atoms with Crippen molar-refractivity contribution in [3.05, 3.63) is 29.6 Å². The van der Waals surface area contributed by atoms with E-state index in [0.717, 1.165) is 6.42 Å². The Morgan fingerprint density at radius 2 is 1.94 bits per heavy atom. The maximum Gasteiger partial charge on any atom is 0.257 e. The van der Waals surface area contributed by atoms with Crippen molar-refractivity contribution in [1.29, 1.82) is 0 Å². The molecule has 1 saturated heterocycles. The fraction of sp³-hybridized carbons (Fsp3) is 0.652. The molecule has 0 saturated carbocycles. The monoisotopic (exact) mass is 466 g/mol. The first kappa shape index (κ1) is 24.6. The molecule has 1 amide bonds. The summed E-state index contributed by atoms with van der Waals surface area (Å²) in [6.45, 7) is 9.02. The zero-order valence-corrected chi connectivity index (χ0v) is 20.3. The molecule has 1 unspecified atom stereocenters. The number of carbonyl (C=O) groups excluding carboxylic acids is 1. The predicted molar refractivity (Wildman–Crippen MR) is 123 cm³/mol. The molecule has 1 fully saturated rings. The van der Waals surface area contributed by atoms with E-state index in [1.54, 1.807) is 4.90 Å². The summed E-state index contributed by atoms with van der Waals surface area (Å²) in [5.41, 5.74) is 5.69. The molecule has 32 heavy (non-hydrogen) atoms. The van der Waals surface area contributed by atoms with Crippen LogP contribution < -0.4 is 5.73 Å². The molecular formula is C23H35FN4O3S. The van der Waals surface area contributed by atoms with Crippen molar-refractivity contribution in [3.8, 4) is 0 Å². The van der Waals surface area contributed by atoms with Gasteiger partial charge in [-0.1, -0.05) is 27.2 Å². The van der Waals surface area contributed by atoms with Gasteiger partial charge in [-0.25, -0.2) is 17.8 Å². The Hall–Kier alpha value is -2.00. The van der Waals surface area contributed by atoms with E-state index in [1.807, 2.05) is 13.8 Å². The molecule has 0 spiro atoms. The van der Waals surface area contributed by atoms with E-state index in [2.05, 4.69) is 18.8 Å². The Kier molecular flexibility index (Phi) is 7.29. The van der Waals surface area contributed by atoms with Gasteiger partial charge in [0.2, 0.25) is 10.0 Å². The highest BCUT2D eigenvalue weighted by atomic mass is 32.2. The standard InChI is InChI=1S/C23H35FN4O3S/c1-5-6-18-13-19(7-8-20(18)24)32(30,31)27-11-9-17(10-12-27)15-28-21(29)23(4,14-16(2)3)26-22(28)25/h7-8,13,16-17H,5-6,9-12,14-15H2,1-4H3,(H2,25,26). The van der Waals surface area contributed by atoms with Crippen molar-refractivity contribution in [3.63, 3.8) is 0 Å². The summed E-state index contributed by atoms with van der Waals surface area (Å²) in [5, 5.41) is 0. The van der Waals surface area contributed by atoms with Gasteiger partial charge in [0.1, 0.15) is 11.4 Å². The number of halogens is 1. The third kappa shape index (κ3) is 4.98. The first-order valence-electron chi connectivity index (χ1n) is 11.4. The lowest BCUT2D eigenvalue weighted by atomic mass is 9.90. The molecule has 0 bridgehead atoms. The van der Waals surface area contributed by atoms with Crippen LogP contribution in [0.3, 0.4) is 0 Å². The number of piperidine rings is 1. The zero-order chi connectivity index (χ0) is 23.7. The first-order valence-corrected chi connectivity index (χ1v) is 12.9. The Labute approximate surface area is 190 Å². The largest absolute Gasteiger partial charge is 0.369 e. The highest BCUT2D eigenvalue weighted by molar-refractivity contribution is 7.89. The molecule has 2 N–H and O–H groups in total. The number of nitrogens with zero attached hydrogens (tertiary/aromatic N) is 3. The summed E-state index contributed by atoms with van der Waals surface area (Å²) in [4.78, 5) is 19.1. The minimum atomic E-state index is -3.69. The van der Waals surface area contributed by atoms with Crippen LogP contribution >= 0.6 is 0 Å². The SMILES string of the molecule is CCCc1cc(S(=O)(=O)N2CCC(CN3C(=O)C(C)(CC(C)C)N=C3N)CC2)ccc1F. The fourth-order valence-electron chi connectivity index (χ4n) is 4.77. The van der Waals surface area contributed by atoms with Crippen molar-refractivity contribution in [2.75, 3.05) is 19.6 Å². The zero-order valence-electron chi connectivity index (χ0n) is 19.5. The molecule has 0 aromatic heterocycles. The molecule has 178 valence electrons. The van der Waals surface area contributed by atoms with E-state index >= 15 is 0 Å². The average molecular weight is 467 g/mol. The third-order valence-electron chi connectivity index (χ3n) is 6.34. The molecule has 2 heterocycles. The number of amides is 1. The topological polar surface area (TPSA) is 96.1 Å². The maximum absolute atomic E-state index is 14.0. The maximum atomic E-state index is 14.0. The number of hydrogen-bond acceptors (Lipinski definition) is 5. The second kappa shape index (κ2) is 9.47. The highest BCUT2D eigenvalue weighted by Gasteiger charge is 2.45. The average Bonchev–Trinajstić information content (AvgIpc) is 2.92. The highest BCUT2D eigenvalue weighted by Crippen LogP contribution is 2.31. The van der Waals surface area contributed by atoms with Gasteiger partial charge < -0.3 is 5.73 Å². The number of hydrogen-bond donors (Lipinski definition) is 1. The Morgan fingerprint density at radius 1 is 1.28 bits per heavy atom. The molecule has 1 atom stereocenters. The summed E-state index contributed by atoms with van der Waals surface area (Å²) in [5.74, 6) is 0.266. The van der Waals surface area contributed by atoms with Gasteiger partial charge in [-0.3, -0.25) is 9.69 Å². The summed E-state index contributed by atoms with van der Waals surface area (Å²) in [7, 11) is -3.69. The van der Waals surface area contributed by atoms with Gasteiger partial charge in [0.15, 0.2) is 5.96 Å². The lowest BCUT2D eigenvalue weighted by molar-refractivity contribution is -0.131. The van der Waals surface area contributed by atoms with Crippen molar-refractivity contribution in [2.45, 2.75) is 70.2 Å². The van der Waals surface area contributed by atoms with Crippen molar-refractivity contribution in [1.82, 2.24) is 9.21 Å². The molecule has 1 aromatic carbocycles. The Bertz CT molecular complexity index is 987. The van der Waals surface area contributed by atoms with Gasteiger partial charge in [-0.2, -0.15) is 4.31 Å². The van der Waals surface area contributed by atoms with Crippen LogP contribution in [0.2, 0.25) is 0 Å². The molecule has 0 aliphatic carbocycles. The molecule has 9 heteroatoms. The van der Waals surface area contributed by atoms with Crippen LogP contribution in [0.4, 0.5) is 4.39 Å². The summed E-state index contributed by atoms with van der Waals surface area (Å²) < 4.78 is 41.6. The van der Waals surface area contributed by atoms with E-state index < -0.39 is 15.6 Å². The Morgan fingerprint density at radius 3 is 2.53 bits per heavy atom. The smallest absolute Gasteiger partial charge is 0.257 e. The molecule has 3 rings (SSSR count). The Balaban J connectivity index is 1.64. The number of carbonyl (C=O) groups is 1. The molecule has 2 aliphatic heterocycles. The van der Waals surface area contributed by atoms with E-state index in [4.69, 9.17) is 5.73 Å². The van der Waals surface area contributed by atoms with E-state index in [0.29, 0.717) is 56.8 Å². The summed E-state index contributed by atoms with van der Waals surface area (Å²) >= 11 is 0. The molecule has 2 aliphatic rings. The minimum Gasteiger partial charge on any atom is -0.369 e. The molecule has 0 radical (unpaired) electrons. The quantitative estimate of drug-likeness (QED) is 0.637. The number of benzene rings is 1. The normalized spacial score (nSPS) is 23.2. The summed E-state index contributed by atoms with van der Waals surface area (Å²) in [6, 6.07) is 4.03. The second-order valence-corrected chi connectivity index (χ2v) is 11.5. The number of sulfonamides is 1. The van der Waals surface area contributed by atoms with Crippen LogP contribution in [0.15, 0.2) is 28.1 Å². The first-order chi connectivity index (χ1) is 15.0. The van der Waals surface area contributed by atoms with Gasteiger partial charge in [-0.05, 0) is 68.2 Å². The fourth-order valence-corrected chi connectivity index (χ4v) is 6.29. The van der Waals surface area contributed by atoms with Gasteiger partial charge in [0.05, 0.1) is 4.90 Å². The van der Waals surface area contributed by atoms with Crippen LogP contribution in [-0.4, -0.2) is 54.7 Å². The van der Waals surface area contributed by atoms with Gasteiger partial charge in [0.25, 0.3) is 5.91 Å². The van der Waals surface area contributed by atoms with Crippen LogP contribution in [0.5, 0.6) is 0 Å². The lowest BCUT2D eigenvalue weighted by Crippen LogP contribution is -2.47. The van der Waals surface area contributed by atoms with Crippen molar-refractivity contribution < 1.29 is 17.6 Å². The van der Waals surface area contributed by atoms with Gasteiger partial charge in [-0.15, -0.1) is 0 Å². The number of aliphatic imine (C=N–C) groups is 1. The number of nitrogens with two attached hydrogens (primary N) is 1. The number of guanidine groups is 1. The van der Waals surface area contributed by atoms with Gasteiger partial charge >= 0.3 is 0 Å². The minimum absolute atomic E-state index is 0.0754. The van der Waals surface area contributed by atoms with E-state index in [-0.39, 0.29) is 28.5 Å². The predicted octanol–water partition coefficient (Wildman–Crippen LogP) is 3.14. The van der Waals surface area contributed by atoms with Crippen LogP contribution in [-0.2, 0) is 21.2 Å². The van der Waals surface area contributed by atoms with Crippen LogP contribution in [0, 0.1) is 17.7 Å². The lowest BCUT2D eigenvalue weighted by Gasteiger charge is -2.33. The number of aryl methyl sites for hydroxylation is 1. The second-order valence-electron chi connectivity index (χ2n) is 9.61. The molecule has 1 aromatic rings. The van der Waals surface area contributed by atoms with Crippen molar-refractivity contribution >= 4 is 21.9 Å². The third-order valence-corrected chi connectivity index (χ3v) is 8.23. The number of rotatable bonds is 8.